The molecule has 0 bridgehead atoms. The minimum absolute atomic E-state index is 0.0857. The molecule has 17 heavy (non-hydrogen) atoms. The number of aromatic nitrogens is 2. The van der Waals surface area contributed by atoms with Gasteiger partial charge in [-0.25, -0.2) is 0 Å². The summed E-state index contributed by atoms with van der Waals surface area (Å²) in [7, 11) is 1.44. The number of hydrogen-bond acceptors (Lipinski definition) is 6. The van der Waals surface area contributed by atoms with Gasteiger partial charge < -0.3 is 9.84 Å². The maximum absolute atomic E-state index is 11.7. The number of ether oxygens (including phenoxy) is 1. The van der Waals surface area contributed by atoms with Crippen LogP contribution in [0.25, 0.3) is 0 Å². The Hall–Kier alpha value is -2.15. The third kappa shape index (κ3) is 2.51. The highest BCUT2D eigenvalue weighted by Gasteiger charge is 2.10. The Balaban J connectivity index is 2.17. The molecule has 0 fully saturated rings. The highest BCUT2D eigenvalue weighted by atomic mass is 32.1. The first-order chi connectivity index (χ1) is 8.20. The van der Waals surface area contributed by atoms with Crippen molar-refractivity contribution in [3.8, 4) is 11.5 Å². The zero-order chi connectivity index (χ0) is 12.3. The summed E-state index contributed by atoms with van der Waals surface area (Å²) < 4.78 is 4.88. The topological polar surface area (TPSA) is 84.3 Å². The number of hydrogen-bond donors (Lipinski definition) is 2. The Kier molecular flexibility index (Phi) is 3.20. The van der Waals surface area contributed by atoms with Gasteiger partial charge in [0.25, 0.3) is 5.91 Å². The molecule has 0 unspecified atom stereocenters. The number of carbonyl (C=O) groups excluding carboxylic acids is 1. The second-order valence-electron chi connectivity index (χ2n) is 3.08. The molecule has 0 aliphatic carbocycles. The summed E-state index contributed by atoms with van der Waals surface area (Å²) >= 11 is 1.22. The summed E-state index contributed by atoms with van der Waals surface area (Å²) in [6, 6.07) is 4.40. The number of benzene rings is 1. The maximum Gasteiger partial charge on any atom is 0.257 e. The second kappa shape index (κ2) is 4.79. The molecule has 0 radical (unpaired) electrons. The van der Waals surface area contributed by atoms with Crippen LogP contribution in [0.2, 0.25) is 0 Å². The molecule has 2 aromatic rings. The third-order valence-corrected chi connectivity index (χ3v) is 2.63. The molecular weight excluding hydrogens is 242 g/mol. The summed E-state index contributed by atoms with van der Waals surface area (Å²) in [5, 5.41) is 19.8. The molecule has 0 atom stereocenters. The van der Waals surface area contributed by atoms with Crippen LogP contribution in [0.4, 0.5) is 5.13 Å². The predicted octanol–water partition coefficient (Wildman–Crippen LogP) is 1.50. The molecule has 0 aliphatic rings. The van der Waals surface area contributed by atoms with Gasteiger partial charge in [-0.15, -0.1) is 10.2 Å². The van der Waals surface area contributed by atoms with E-state index in [1.165, 1.54) is 36.1 Å². The van der Waals surface area contributed by atoms with Crippen molar-refractivity contribution in [1.82, 2.24) is 10.2 Å². The molecule has 1 amide bonds. The smallest absolute Gasteiger partial charge is 0.257 e. The highest BCUT2D eigenvalue weighted by Crippen LogP contribution is 2.26. The lowest BCUT2D eigenvalue weighted by molar-refractivity contribution is 0.102. The average molecular weight is 251 g/mol. The minimum atomic E-state index is -0.361. The van der Waals surface area contributed by atoms with Crippen molar-refractivity contribution in [2.75, 3.05) is 12.4 Å². The van der Waals surface area contributed by atoms with Crippen molar-refractivity contribution >= 4 is 22.4 Å². The number of carbonyl (C=O) groups is 1. The van der Waals surface area contributed by atoms with E-state index >= 15 is 0 Å². The largest absolute Gasteiger partial charge is 0.504 e. The molecular formula is C10H9N3O3S. The molecule has 0 aliphatic heterocycles. The highest BCUT2D eigenvalue weighted by molar-refractivity contribution is 7.13. The van der Waals surface area contributed by atoms with E-state index in [-0.39, 0.29) is 11.7 Å². The molecule has 0 spiro atoms. The fourth-order valence-corrected chi connectivity index (χ4v) is 1.67. The summed E-state index contributed by atoms with van der Waals surface area (Å²) in [4.78, 5) is 11.7. The Bertz CT molecular complexity index is 528. The molecule has 88 valence electrons. The molecule has 1 aromatic heterocycles. The van der Waals surface area contributed by atoms with Crippen LogP contribution >= 0.6 is 11.3 Å². The molecule has 2 rings (SSSR count). The monoisotopic (exact) mass is 251 g/mol. The first-order valence-corrected chi connectivity index (χ1v) is 5.53. The van der Waals surface area contributed by atoms with Crippen molar-refractivity contribution in [2.45, 2.75) is 0 Å². The second-order valence-corrected chi connectivity index (χ2v) is 3.92. The van der Waals surface area contributed by atoms with Crippen molar-refractivity contribution in [3.05, 3.63) is 29.3 Å². The first kappa shape index (κ1) is 11.3. The lowest BCUT2D eigenvalue weighted by Gasteiger charge is -2.05. The van der Waals surface area contributed by atoms with Crippen molar-refractivity contribution in [1.29, 1.82) is 0 Å². The van der Waals surface area contributed by atoms with Crippen LogP contribution < -0.4 is 10.1 Å². The SMILES string of the molecule is COc1ccc(C(=O)Nc2nncs2)cc1O. The van der Waals surface area contributed by atoms with Crippen LogP contribution in [0, 0.1) is 0 Å². The van der Waals surface area contributed by atoms with Gasteiger partial charge in [0.05, 0.1) is 7.11 Å². The number of nitrogens with zero attached hydrogens (tertiary/aromatic N) is 2. The van der Waals surface area contributed by atoms with Crippen LogP contribution in [0.15, 0.2) is 23.7 Å². The molecule has 7 heteroatoms. The lowest BCUT2D eigenvalue weighted by atomic mass is 10.2. The van der Waals surface area contributed by atoms with Crippen LogP contribution in [0.5, 0.6) is 11.5 Å². The molecule has 2 N–H and O–H groups in total. The van der Waals surface area contributed by atoms with E-state index in [0.29, 0.717) is 16.4 Å². The number of rotatable bonds is 3. The number of methoxy groups -OCH3 is 1. The van der Waals surface area contributed by atoms with Crippen LogP contribution in [-0.4, -0.2) is 28.3 Å². The summed E-state index contributed by atoms with van der Waals surface area (Å²) in [6.07, 6.45) is 0. The van der Waals surface area contributed by atoms with Crippen molar-refractivity contribution in [2.24, 2.45) is 0 Å². The third-order valence-electron chi connectivity index (χ3n) is 2.02. The van der Waals surface area contributed by atoms with Crippen LogP contribution in [-0.2, 0) is 0 Å². The van der Waals surface area contributed by atoms with Crippen molar-refractivity contribution in [3.63, 3.8) is 0 Å². The normalized spacial score (nSPS) is 9.94. The van der Waals surface area contributed by atoms with Gasteiger partial charge in [0.2, 0.25) is 5.13 Å². The molecule has 0 saturated heterocycles. The van der Waals surface area contributed by atoms with Crippen LogP contribution in [0.1, 0.15) is 10.4 Å². The molecule has 0 saturated carbocycles. The van der Waals surface area contributed by atoms with E-state index in [0.717, 1.165) is 0 Å². The number of nitrogens with one attached hydrogen (secondary N) is 1. The van der Waals surface area contributed by atoms with Gasteiger partial charge in [-0.05, 0) is 18.2 Å². The van der Waals surface area contributed by atoms with Gasteiger partial charge in [0.15, 0.2) is 11.5 Å². The minimum Gasteiger partial charge on any atom is -0.504 e. The van der Waals surface area contributed by atoms with Gasteiger partial charge in [0.1, 0.15) is 5.51 Å². The fourth-order valence-electron chi connectivity index (χ4n) is 1.23. The molecule has 1 heterocycles. The summed E-state index contributed by atoms with van der Waals surface area (Å²) in [6.45, 7) is 0. The molecule has 1 aromatic carbocycles. The standard InChI is InChI=1S/C10H9N3O3S/c1-16-8-3-2-6(4-7(8)14)9(15)12-10-13-11-5-17-10/h2-5,14H,1H3,(H,12,13,15). The Labute approximate surface area is 101 Å². The number of phenolic OH excluding ortho intramolecular Hbond substituents is 1. The van der Waals surface area contributed by atoms with Gasteiger partial charge >= 0.3 is 0 Å². The van der Waals surface area contributed by atoms with E-state index in [2.05, 4.69) is 15.5 Å². The van der Waals surface area contributed by atoms with E-state index in [4.69, 9.17) is 4.74 Å². The zero-order valence-electron chi connectivity index (χ0n) is 8.88. The summed E-state index contributed by atoms with van der Waals surface area (Å²) in [5.41, 5.74) is 1.83. The maximum atomic E-state index is 11.7. The number of anilines is 1. The predicted molar refractivity (Wildman–Crippen MR) is 62.5 cm³/mol. The van der Waals surface area contributed by atoms with Crippen LogP contribution in [0.3, 0.4) is 0 Å². The average Bonchev–Trinajstić information content (AvgIpc) is 2.81. The van der Waals surface area contributed by atoms with E-state index in [1.54, 1.807) is 6.07 Å². The van der Waals surface area contributed by atoms with E-state index in [9.17, 15) is 9.90 Å². The Morgan fingerprint density at radius 1 is 1.53 bits per heavy atom. The molecule has 6 nitrogen and oxygen atoms in total. The van der Waals surface area contributed by atoms with Gasteiger partial charge in [0, 0.05) is 5.56 Å². The zero-order valence-corrected chi connectivity index (χ0v) is 9.69. The number of aromatic hydroxyl groups is 1. The Morgan fingerprint density at radius 2 is 2.35 bits per heavy atom. The fraction of sp³-hybridized carbons (Fsp3) is 0.100. The van der Waals surface area contributed by atoms with E-state index in [1.807, 2.05) is 0 Å². The van der Waals surface area contributed by atoms with Gasteiger partial charge in [-0.1, -0.05) is 11.3 Å². The summed E-state index contributed by atoms with van der Waals surface area (Å²) in [5.74, 6) is -0.130. The van der Waals surface area contributed by atoms with Gasteiger partial charge in [-0.2, -0.15) is 0 Å². The lowest BCUT2D eigenvalue weighted by Crippen LogP contribution is -2.11. The van der Waals surface area contributed by atoms with E-state index < -0.39 is 0 Å². The quantitative estimate of drug-likeness (QED) is 0.863. The number of phenols is 1. The van der Waals surface area contributed by atoms with Gasteiger partial charge in [-0.3, -0.25) is 10.1 Å². The number of amides is 1. The first-order valence-electron chi connectivity index (χ1n) is 4.65. The van der Waals surface area contributed by atoms with Crippen molar-refractivity contribution < 1.29 is 14.6 Å². The Morgan fingerprint density at radius 3 is 2.94 bits per heavy atom.